The number of nitrogens with zero attached hydrogens (tertiary/aromatic N) is 2. The van der Waals surface area contributed by atoms with Gasteiger partial charge in [-0.1, -0.05) is 18.6 Å². The predicted molar refractivity (Wildman–Crippen MR) is 89.5 cm³/mol. The molecule has 1 aromatic heterocycles. The molecule has 1 unspecified atom stereocenters. The van der Waals surface area contributed by atoms with Crippen LogP contribution in [0.25, 0.3) is 10.9 Å². The molecule has 21 heavy (non-hydrogen) atoms. The van der Waals surface area contributed by atoms with Crippen molar-refractivity contribution in [2.75, 3.05) is 30.7 Å². The lowest BCUT2D eigenvalue weighted by molar-refractivity contribution is 0.180. The third-order valence-electron chi connectivity index (χ3n) is 4.40. The van der Waals surface area contributed by atoms with Gasteiger partial charge in [-0.3, -0.25) is 9.88 Å². The monoisotopic (exact) mass is 284 g/mol. The zero-order chi connectivity index (χ0) is 14.7. The normalized spacial score (nSPS) is 17.8. The van der Waals surface area contributed by atoms with Gasteiger partial charge in [0, 0.05) is 29.9 Å². The molecule has 2 heterocycles. The van der Waals surface area contributed by atoms with Crippen molar-refractivity contribution in [1.82, 2.24) is 9.88 Å². The van der Waals surface area contributed by atoms with Crippen LogP contribution in [-0.4, -0.2) is 35.6 Å². The van der Waals surface area contributed by atoms with Crippen molar-refractivity contribution in [3.05, 3.63) is 30.5 Å². The lowest BCUT2D eigenvalue weighted by atomic mass is 10.1. The van der Waals surface area contributed by atoms with E-state index in [1.54, 1.807) is 0 Å². The molecule has 112 valence electrons. The van der Waals surface area contributed by atoms with E-state index >= 15 is 0 Å². The number of aromatic nitrogens is 1. The van der Waals surface area contributed by atoms with E-state index in [0.29, 0.717) is 6.04 Å². The first-order valence-corrected chi connectivity index (χ1v) is 7.87. The van der Waals surface area contributed by atoms with Gasteiger partial charge in [-0.05, 0) is 45.0 Å². The molecule has 1 fully saturated rings. The number of likely N-dealkylation sites (tertiary alicyclic amines) is 1. The van der Waals surface area contributed by atoms with Gasteiger partial charge in [0.05, 0.1) is 11.2 Å². The van der Waals surface area contributed by atoms with E-state index in [4.69, 9.17) is 5.73 Å². The fourth-order valence-corrected chi connectivity index (χ4v) is 3.10. The summed E-state index contributed by atoms with van der Waals surface area (Å²) in [5, 5.41) is 4.68. The molecule has 0 aliphatic carbocycles. The van der Waals surface area contributed by atoms with Crippen molar-refractivity contribution in [2.24, 2.45) is 0 Å². The minimum absolute atomic E-state index is 0.551. The SMILES string of the molecule is CC(CNc1ccnc2c(N)cccc12)N1CCCCC1. The lowest BCUT2D eigenvalue weighted by Gasteiger charge is -2.32. The minimum atomic E-state index is 0.551. The highest BCUT2D eigenvalue weighted by atomic mass is 15.2. The maximum atomic E-state index is 6.00. The van der Waals surface area contributed by atoms with Crippen LogP contribution in [0.4, 0.5) is 11.4 Å². The number of nitrogens with one attached hydrogen (secondary N) is 1. The van der Waals surface area contributed by atoms with Gasteiger partial charge in [0.25, 0.3) is 0 Å². The van der Waals surface area contributed by atoms with Crippen molar-refractivity contribution >= 4 is 22.3 Å². The lowest BCUT2D eigenvalue weighted by Crippen LogP contribution is -2.41. The van der Waals surface area contributed by atoms with E-state index in [0.717, 1.165) is 28.8 Å². The van der Waals surface area contributed by atoms with Crippen molar-refractivity contribution in [3.63, 3.8) is 0 Å². The molecule has 0 radical (unpaired) electrons. The molecule has 3 rings (SSSR count). The van der Waals surface area contributed by atoms with Gasteiger partial charge in [0.1, 0.15) is 0 Å². The van der Waals surface area contributed by atoms with Crippen molar-refractivity contribution < 1.29 is 0 Å². The number of pyridine rings is 1. The Bertz CT molecular complexity index is 605. The van der Waals surface area contributed by atoms with Gasteiger partial charge in [0.15, 0.2) is 0 Å². The highest BCUT2D eigenvalue weighted by Gasteiger charge is 2.16. The third kappa shape index (κ3) is 3.10. The first-order chi connectivity index (χ1) is 10.3. The van der Waals surface area contributed by atoms with Gasteiger partial charge in [-0.15, -0.1) is 0 Å². The van der Waals surface area contributed by atoms with E-state index in [9.17, 15) is 0 Å². The molecule has 4 heteroatoms. The number of nitrogens with two attached hydrogens (primary N) is 1. The highest BCUT2D eigenvalue weighted by molar-refractivity contribution is 5.97. The van der Waals surface area contributed by atoms with Gasteiger partial charge in [-0.25, -0.2) is 0 Å². The number of fused-ring (bicyclic) bond motifs is 1. The Morgan fingerprint density at radius 3 is 2.86 bits per heavy atom. The molecule has 1 aromatic carbocycles. The summed E-state index contributed by atoms with van der Waals surface area (Å²) in [7, 11) is 0. The second-order valence-corrected chi connectivity index (χ2v) is 5.93. The topological polar surface area (TPSA) is 54.2 Å². The van der Waals surface area contributed by atoms with E-state index in [1.807, 2.05) is 24.4 Å². The Labute approximate surface area is 126 Å². The fraction of sp³-hybridized carbons (Fsp3) is 0.471. The standard InChI is InChI=1S/C17H24N4/c1-13(21-10-3-2-4-11-21)12-20-16-8-9-19-17-14(16)6-5-7-15(17)18/h5-9,13H,2-4,10-12,18H2,1H3,(H,19,20). The quantitative estimate of drug-likeness (QED) is 0.847. The van der Waals surface area contributed by atoms with Gasteiger partial charge < -0.3 is 11.1 Å². The predicted octanol–water partition coefficient (Wildman–Crippen LogP) is 3.10. The molecule has 0 amide bonds. The Kier molecular flexibility index (Phi) is 4.25. The van der Waals surface area contributed by atoms with Crippen LogP contribution < -0.4 is 11.1 Å². The molecule has 1 atom stereocenters. The second-order valence-electron chi connectivity index (χ2n) is 5.93. The Balaban J connectivity index is 1.71. The van der Waals surface area contributed by atoms with E-state index in [1.165, 1.54) is 32.4 Å². The fourth-order valence-electron chi connectivity index (χ4n) is 3.10. The number of anilines is 2. The summed E-state index contributed by atoms with van der Waals surface area (Å²) in [6.45, 7) is 5.71. The van der Waals surface area contributed by atoms with Crippen LogP contribution in [0, 0.1) is 0 Å². The molecule has 0 spiro atoms. The molecule has 1 aliphatic rings. The molecule has 1 saturated heterocycles. The molecule has 0 bridgehead atoms. The number of nitrogen functional groups attached to an aromatic ring is 1. The second kappa shape index (κ2) is 6.31. The molecule has 2 aromatic rings. The van der Waals surface area contributed by atoms with Gasteiger partial charge >= 0.3 is 0 Å². The van der Waals surface area contributed by atoms with Crippen LogP contribution in [0.15, 0.2) is 30.5 Å². The van der Waals surface area contributed by atoms with E-state index in [-0.39, 0.29) is 0 Å². The molecule has 3 N–H and O–H groups in total. The van der Waals surface area contributed by atoms with E-state index < -0.39 is 0 Å². The largest absolute Gasteiger partial charge is 0.397 e. The third-order valence-corrected chi connectivity index (χ3v) is 4.40. The van der Waals surface area contributed by atoms with Crippen LogP contribution in [0.3, 0.4) is 0 Å². The van der Waals surface area contributed by atoms with Gasteiger partial charge in [-0.2, -0.15) is 0 Å². The van der Waals surface area contributed by atoms with Gasteiger partial charge in [0.2, 0.25) is 0 Å². The number of hydrogen-bond acceptors (Lipinski definition) is 4. The molecule has 4 nitrogen and oxygen atoms in total. The Morgan fingerprint density at radius 2 is 2.05 bits per heavy atom. The summed E-state index contributed by atoms with van der Waals surface area (Å²) in [6, 6.07) is 8.54. The molecule has 1 aliphatic heterocycles. The summed E-state index contributed by atoms with van der Waals surface area (Å²) in [5.41, 5.74) is 8.74. The van der Waals surface area contributed by atoms with Crippen LogP contribution in [0.5, 0.6) is 0 Å². The number of benzene rings is 1. The zero-order valence-corrected chi connectivity index (χ0v) is 12.7. The Hall–Kier alpha value is -1.81. The Morgan fingerprint density at radius 1 is 1.24 bits per heavy atom. The first-order valence-electron chi connectivity index (χ1n) is 7.87. The summed E-state index contributed by atoms with van der Waals surface area (Å²) in [4.78, 5) is 6.96. The average Bonchev–Trinajstić information content (AvgIpc) is 2.54. The van der Waals surface area contributed by atoms with Crippen LogP contribution in [-0.2, 0) is 0 Å². The number of hydrogen-bond donors (Lipinski definition) is 2. The maximum absolute atomic E-state index is 6.00. The zero-order valence-electron chi connectivity index (χ0n) is 12.7. The first kappa shape index (κ1) is 14.1. The smallest absolute Gasteiger partial charge is 0.0951 e. The summed E-state index contributed by atoms with van der Waals surface area (Å²) < 4.78 is 0. The minimum Gasteiger partial charge on any atom is -0.397 e. The molecular formula is C17H24N4. The summed E-state index contributed by atoms with van der Waals surface area (Å²) in [5.74, 6) is 0. The van der Waals surface area contributed by atoms with Crippen LogP contribution >= 0.6 is 0 Å². The maximum Gasteiger partial charge on any atom is 0.0951 e. The van der Waals surface area contributed by atoms with Crippen molar-refractivity contribution in [2.45, 2.75) is 32.2 Å². The highest BCUT2D eigenvalue weighted by Crippen LogP contribution is 2.25. The summed E-state index contributed by atoms with van der Waals surface area (Å²) >= 11 is 0. The molecule has 0 saturated carbocycles. The van der Waals surface area contributed by atoms with Crippen molar-refractivity contribution in [1.29, 1.82) is 0 Å². The van der Waals surface area contributed by atoms with Crippen LogP contribution in [0.2, 0.25) is 0 Å². The van der Waals surface area contributed by atoms with Crippen LogP contribution in [0.1, 0.15) is 26.2 Å². The molecular weight excluding hydrogens is 260 g/mol. The summed E-state index contributed by atoms with van der Waals surface area (Å²) in [6.07, 6.45) is 5.87. The number of rotatable bonds is 4. The number of piperidine rings is 1. The van der Waals surface area contributed by atoms with E-state index in [2.05, 4.69) is 28.2 Å². The van der Waals surface area contributed by atoms with Crippen molar-refractivity contribution in [3.8, 4) is 0 Å². The number of para-hydroxylation sites is 1. The average molecular weight is 284 g/mol.